The first kappa shape index (κ1) is 15.8. The maximum absolute atomic E-state index is 12.0. The number of likely N-dealkylation sites (tertiary alicyclic amines) is 1. The third-order valence-electron chi connectivity index (χ3n) is 3.53. The molecular weight excluding hydrogens is 290 g/mol. The first-order valence-corrected chi connectivity index (χ1v) is 8.60. The Balaban J connectivity index is 1.84. The molecule has 1 aromatic rings. The van der Waals surface area contributed by atoms with Crippen molar-refractivity contribution in [2.24, 2.45) is 0 Å². The number of sulfonamides is 1. The van der Waals surface area contributed by atoms with Gasteiger partial charge in [0.15, 0.2) is 0 Å². The van der Waals surface area contributed by atoms with Gasteiger partial charge in [-0.1, -0.05) is 0 Å². The molecule has 1 fully saturated rings. The molecule has 0 aliphatic carbocycles. The molecule has 0 radical (unpaired) electrons. The molecule has 21 heavy (non-hydrogen) atoms. The molecule has 0 spiro atoms. The van der Waals surface area contributed by atoms with Crippen molar-refractivity contribution in [1.29, 1.82) is 0 Å². The van der Waals surface area contributed by atoms with Gasteiger partial charge in [-0.05, 0) is 43.5 Å². The van der Waals surface area contributed by atoms with Crippen molar-refractivity contribution in [2.75, 3.05) is 25.4 Å². The lowest BCUT2D eigenvalue weighted by atomic mass is 10.1. The molecule has 0 aromatic heterocycles. The van der Waals surface area contributed by atoms with Crippen molar-refractivity contribution >= 4 is 21.6 Å². The van der Waals surface area contributed by atoms with Crippen molar-refractivity contribution in [1.82, 2.24) is 9.62 Å². The van der Waals surface area contributed by atoms with E-state index in [1.807, 2.05) is 0 Å². The fourth-order valence-corrected chi connectivity index (χ4v) is 3.36. The number of hydrogen-bond donors (Lipinski definition) is 2. The molecular formula is C14H21N3O3S. The minimum atomic E-state index is -3.58. The van der Waals surface area contributed by atoms with Crippen LogP contribution in [-0.4, -0.2) is 38.9 Å². The predicted octanol–water partition coefficient (Wildman–Crippen LogP) is 0.950. The van der Waals surface area contributed by atoms with E-state index in [2.05, 4.69) is 4.72 Å². The minimum Gasteiger partial charge on any atom is -0.399 e. The molecule has 1 amide bonds. The van der Waals surface area contributed by atoms with Gasteiger partial charge in [0.2, 0.25) is 15.9 Å². The van der Waals surface area contributed by atoms with E-state index in [9.17, 15) is 13.2 Å². The van der Waals surface area contributed by atoms with Crippen LogP contribution in [0.3, 0.4) is 0 Å². The van der Waals surface area contributed by atoms with Crippen LogP contribution in [0.25, 0.3) is 0 Å². The number of rotatable bonds is 5. The number of nitrogen functional groups attached to an aromatic ring is 1. The average Bonchev–Trinajstić information content (AvgIpc) is 2.48. The minimum absolute atomic E-state index is 0.00899. The largest absolute Gasteiger partial charge is 0.399 e. The van der Waals surface area contributed by atoms with Crippen LogP contribution in [0.2, 0.25) is 0 Å². The number of carbonyl (C=O) groups excluding carboxylic acids is 1. The second-order valence-electron chi connectivity index (χ2n) is 5.16. The number of nitrogens with zero attached hydrogens (tertiary/aromatic N) is 1. The monoisotopic (exact) mass is 311 g/mol. The number of anilines is 1. The molecule has 116 valence electrons. The standard InChI is InChI=1S/C14H21N3O3S/c15-12-4-6-13(7-5-12)21(19,20)16-9-8-14(18)17-10-2-1-3-11-17/h4-7,16H,1-3,8-11,15H2. The summed E-state index contributed by atoms with van der Waals surface area (Å²) in [5.74, 6) is 0.00899. The molecule has 1 aliphatic rings. The van der Waals surface area contributed by atoms with Gasteiger partial charge in [0.05, 0.1) is 4.90 Å². The molecule has 0 bridgehead atoms. The molecule has 0 saturated carbocycles. The average molecular weight is 311 g/mol. The summed E-state index contributed by atoms with van der Waals surface area (Å²) < 4.78 is 26.5. The molecule has 2 rings (SSSR count). The third-order valence-corrected chi connectivity index (χ3v) is 5.01. The van der Waals surface area contributed by atoms with E-state index in [0.717, 1.165) is 32.4 Å². The Kier molecular flexibility index (Phi) is 5.19. The zero-order valence-corrected chi connectivity index (χ0v) is 12.7. The Labute approximate surface area is 125 Å². The van der Waals surface area contributed by atoms with Crippen molar-refractivity contribution in [3.8, 4) is 0 Å². The summed E-state index contributed by atoms with van der Waals surface area (Å²) in [7, 11) is -3.58. The topological polar surface area (TPSA) is 92.5 Å². The highest BCUT2D eigenvalue weighted by Crippen LogP contribution is 2.12. The van der Waals surface area contributed by atoms with E-state index in [1.54, 1.807) is 4.90 Å². The van der Waals surface area contributed by atoms with Gasteiger partial charge in [-0.2, -0.15) is 0 Å². The fraction of sp³-hybridized carbons (Fsp3) is 0.500. The number of benzene rings is 1. The van der Waals surface area contributed by atoms with Crippen LogP contribution in [0, 0.1) is 0 Å². The van der Waals surface area contributed by atoms with Crippen LogP contribution in [0.15, 0.2) is 29.2 Å². The van der Waals surface area contributed by atoms with E-state index >= 15 is 0 Å². The summed E-state index contributed by atoms with van der Waals surface area (Å²) in [5.41, 5.74) is 6.04. The summed E-state index contributed by atoms with van der Waals surface area (Å²) in [4.78, 5) is 13.9. The highest BCUT2D eigenvalue weighted by atomic mass is 32.2. The van der Waals surface area contributed by atoms with Crippen LogP contribution in [0.5, 0.6) is 0 Å². The molecule has 1 heterocycles. The number of carbonyl (C=O) groups is 1. The summed E-state index contributed by atoms with van der Waals surface area (Å²) >= 11 is 0. The summed E-state index contributed by atoms with van der Waals surface area (Å²) in [6.07, 6.45) is 3.41. The Morgan fingerprint density at radius 1 is 1.14 bits per heavy atom. The molecule has 0 unspecified atom stereocenters. The fourth-order valence-electron chi connectivity index (χ4n) is 2.32. The molecule has 1 aromatic carbocycles. The van der Waals surface area contributed by atoms with Crippen LogP contribution in [0.4, 0.5) is 5.69 Å². The first-order valence-electron chi connectivity index (χ1n) is 7.12. The lowest BCUT2D eigenvalue weighted by Crippen LogP contribution is -2.37. The van der Waals surface area contributed by atoms with E-state index < -0.39 is 10.0 Å². The smallest absolute Gasteiger partial charge is 0.240 e. The molecule has 7 heteroatoms. The Morgan fingerprint density at radius 3 is 2.38 bits per heavy atom. The third kappa shape index (κ3) is 4.44. The molecule has 1 saturated heterocycles. The Bertz CT molecular complexity index is 578. The van der Waals surface area contributed by atoms with Gasteiger partial charge < -0.3 is 10.6 Å². The van der Waals surface area contributed by atoms with E-state index in [0.29, 0.717) is 5.69 Å². The van der Waals surface area contributed by atoms with Gasteiger partial charge in [-0.15, -0.1) is 0 Å². The van der Waals surface area contributed by atoms with E-state index in [-0.39, 0.29) is 23.8 Å². The Morgan fingerprint density at radius 2 is 1.76 bits per heavy atom. The van der Waals surface area contributed by atoms with Gasteiger partial charge in [-0.25, -0.2) is 13.1 Å². The molecule has 1 aliphatic heterocycles. The van der Waals surface area contributed by atoms with Crippen molar-refractivity contribution < 1.29 is 13.2 Å². The van der Waals surface area contributed by atoms with Gasteiger partial charge in [0.25, 0.3) is 0 Å². The highest BCUT2D eigenvalue weighted by Gasteiger charge is 2.18. The SMILES string of the molecule is Nc1ccc(S(=O)(=O)NCCC(=O)N2CCCCC2)cc1. The predicted molar refractivity (Wildman–Crippen MR) is 81.1 cm³/mol. The first-order chi connectivity index (χ1) is 9.99. The van der Waals surface area contributed by atoms with Gasteiger partial charge in [-0.3, -0.25) is 4.79 Å². The van der Waals surface area contributed by atoms with Crippen LogP contribution in [0.1, 0.15) is 25.7 Å². The summed E-state index contributed by atoms with van der Waals surface area (Å²) in [6, 6.07) is 5.97. The molecule has 3 N–H and O–H groups in total. The maximum Gasteiger partial charge on any atom is 0.240 e. The maximum atomic E-state index is 12.0. The normalized spacial score (nSPS) is 15.9. The number of amides is 1. The van der Waals surface area contributed by atoms with E-state index in [1.165, 1.54) is 24.3 Å². The van der Waals surface area contributed by atoms with Crippen LogP contribution in [-0.2, 0) is 14.8 Å². The van der Waals surface area contributed by atoms with Crippen molar-refractivity contribution in [3.63, 3.8) is 0 Å². The quantitative estimate of drug-likeness (QED) is 0.792. The molecule has 6 nitrogen and oxygen atoms in total. The zero-order valence-electron chi connectivity index (χ0n) is 11.9. The lowest BCUT2D eigenvalue weighted by Gasteiger charge is -2.26. The number of hydrogen-bond acceptors (Lipinski definition) is 4. The summed E-state index contributed by atoms with van der Waals surface area (Å²) in [6.45, 7) is 1.68. The van der Waals surface area contributed by atoms with Gasteiger partial charge in [0.1, 0.15) is 0 Å². The zero-order chi connectivity index (χ0) is 15.3. The van der Waals surface area contributed by atoms with Gasteiger partial charge in [0, 0.05) is 31.7 Å². The second kappa shape index (κ2) is 6.91. The lowest BCUT2D eigenvalue weighted by molar-refractivity contribution is -0.131. The number of piperidine rings is 1. The second-order valence-corrected chi connectivity index (χ2v) is 6.93. The number of nitrogens with one attached hydrogen (secondary N) is 1. The summed E-state index contributed by atoms with van der Waals surface area (Å²) in [5, 5.41) is 0. The Hall–Kier alpha value is -1.60. The highest BCUT2D eigenvalue weighted by molar-refractivity contribution is 7.89. The van der Waals surface area contributed by atoms with E-state index in [4.69, 9.17) is 5.73 Å². The van der Waals surface area contributed by atoms with Crippen LogP contribution >= 0.6 is 0 Å². The number of nitrogens with two attached hydrogens (primary N) is 1. The van der Waals surface area contributed by atoms with Crippen molar-refractivity contribution in [2.45, 2.75) is 30.6 Å². The van der Waals surface area contributed by atoms with Crippen LogP contribution < -0.4 is 10.5 Å². The van der Waals surface area contributed by atoms with Gasteiger partial charge >= 0.3 is 0 Å². The van der Waals surface area contributed by atoms with Crippen molar-refractivity contribution in [3.05, 3.63) is 24.3 Å². The molecule has 0 atom stereocenters.